The normalized spacial score (nSPS) is 11.3. The fourth-order valence-electron chi connectivity index (χ4n) is 7.58. The van der Waals surface area contributed by atoms with E-state index in [2.05, 4.69) is 156 Å². The van der Waals surface area contributed by atoms with Gasteiger partial charge in [-0.25, -0.2) is 9.97 Å². The second-order valence-electron chi connectivity index (χ2n) is 13.4. The van der Waals surface area contributed by atoms with Crippen LogP contribution in [-0.4, -0.2) is 19.9 Å². The van der Waals surface area contributed by atoms with Crippen molar-refractivity contribution in [3.05, 3.63) is 194 Å². The third-order valence-electron chi connectivity index (χ3n) is 10.2. The standard InChI is InChI=1S/C50H32N4/c1-2-13-36(14-3-1)50-42-19-11-18-41(40-17-10-15-35-12-4-5-16-39(35)40)49(42)43-30-37(26-27-44(43)54-50)33-22-24-34(25-23-33)38-31-47(45-20-6-8-28-51-45)53-48(32-38)46-21-7-9-29-52-46/h1-32H. The van der Waals surface area contributed by atoms with E-state index in [0.717, 1.165) is 72.6 Å². The van der Waals surface area contributed by atoms with Crippen molar-refractivity contribution in [2.24, 2.45) is 0 Å². The number of hydrogen-bond acceptors (Lipinski definition) is 4. The molecule has 0 unspecified atom stereocenters. The van der Waals surface area contributed by atoms with E-state index in [-0.39, 0.29) is 0 Å². The van der Waals surface area contributed by atoms with Gasteiger partial charge >= 0.3 is 0 Å². The van der Waals surface area contributed by atoms with Crippen LogP contribution in [0, 0.1) is 0 Å². The molecule has 10 rings (SSSR count). The molecule has 4 heterocycles. The van der Waals surface area contributed by atoms with Crippen molar-refractivity contribution < 1.29 is 0 Å². The number of nitrogens with zero attached hydrogens (tertiary/aromatic N) is 4. The molecular formula is C50H32N4. The summed E-state index contributed by atoms with van der Waals surface area (Å²) in [6.45, 7) is 0. The smallest absolute Gasteiger partial charge is 0.0900 e. The van der Waals surface area contributed by atoms with Crippen molar-refractivity contribution in [1.29, 1.82) is 0 Å². The Balaban J connectivity index is 1.13. The topological polar surface area (TPSA) is 51.6 Å². The zero-order chi connectivity index (χ0) is 35.8. The molecule has 0 fully saturated rings. The lowest BCUT2D eigenvalue weighted by molar-refractivity contribution is 1.22. The maximum Gasteiger partial charge on any atom is 0.0900 e. The summed E-state index contributed by atoms with van der Waals surface area (Å²) >= 11 is 0. The molecule has 252 valence electrons. The highest BCUT2D eigenvalue weighted by molar-refractivity contribution is 6.19. The molecule has 0 saturated carbocycles. The van der Waals surface area contributed by atoms with Gasteiger partial charge in [0.1, 0.15) is 0 Å². The van der Waals surface area contributed by atoms with E-state index in [4.69, 9.17) is 9.97 Å². The Morgan fingerprint density at radius 1 is 0.315 bits per heavy atom. The molecule has 10 aromatic rings. The van der Waals surface area contributed by atoms with Crippen LogP contribution in [0.15, 0.2) is 194 Å². The first-order valence-electron chi connectivity index (χ1n) is 18.1. The van der Waals surface area contributed by atoms with Crippen molar-refractivity contribution in [2.75, 3.05) is 0 Å². The molecule has 4 aromatic heterocycles. The van der Waals surface area contributed by atoms with Gasteiger partial charge in [-0.1, -0.05) is 133 Å². The van der Waals surface area contributed by atoms with E-state index >= 15 is 0 Å². The molecule has 0 aliphatic carbocycles. The van der Waals surface area contributed by atoms with Gasteiger partial charge in [-0.2, -0.15) is 0 Å². The lowest BCUT2D eigenvalue weighted by Crippen LogP contribution is -1.94. The summed E-state index contributed by atoms with van der Waals surface area (Å²) in [6.07, 6.45) is 3.60. The van der Waals surface area contributed by atoms with Gasteiger partial charge in [0, 0.05) is 34.1 Å². The zero-order valence-electron chi connectivity index (χ0n) is 29.3. The SMILES string of the molecule is c1ccc(-c2nc3ccc(-c4ccc(-c5cc(-c6ccccn6)nc(-c6ccccn6)c5)cc4)cc3c3c(-c4cccc5ccccc45)cccc23)cc1. The molecule has 0 aliphatic heterocycles. The van der Waals surface area contributed by atoms with E-state index in [1.165, 1.54) is 27.3 Å². The summed E-state index contributed by atoms with van der Waals surface area (Å²) in [5, 5.41) is 5.93. The van der Waals surface area contributed by atoms with Gasteiger partial charge in [-0.3, -0.25) is 9.97 Å². The highest BCUT2D eigenvalue weighted by Gasteiger charge is 2.17. The minimum Gasteiger partial charge on any atom is -0.255 e. The van der Waals surface area contributed by atoms with Crippen LogP contribution in [0.4, 0.5) is 0 Å². The van der Waals surface area contributed by atoms with Crippen LogP contribution < -0.4 is 0 Å². The molecule has 4 nitrogen and oxygen atoms in total. The van der Waals surface area contributed by atoms with Gasteiger partial charge in [0.25, 0.3) is 0 Å². The van der Waals surface area contributed by atoms with Gasteiger partial charge in [-0.15, -0.1) is 0 Å². The van der Waals surface area contributed by atoms with Gasteiger partial charge in [0.2, 0.25) is 0 Å². The average molecular weight is 689 g/mol. The quantitative estimate of drug-likeness (QED) is 0.163. The van der Waals surface area contributed by atoms with E-state index in [0.29, 0.717) is 0 Å². The largest absolute Gasteiger partial charge is 0.255 e. The number of aromatic nitrogens is 4. The monoisotopic (exact) mass is 688 g/mol. The minimum absolute atomic E-state index is 0.809. The highest BCUT2D eigenvalue weighted by atomic mass is 14.8. The first-order valence-corrected chi connectivity index (χ1v) is 18.1. The molecule has 0 N–H and O–H groups in total. The molecule has 0 amide bonds. The van der Waals surface area contributed by atoms with Crippen molar-refractivity contribution in [3.8, 4) is 67.4 Å². The summed E-state index contributed by atoms with van der Waals surface area (Å²) in [6, 6.07) is 63.9. The van der Waals surface area contributed by atoms with E-state index < -0.39 is 0 Å². The molecular weight excluding hydrogens is 657 g/mol. The molecule has 6 aromatic carbocycles. The fraction of sp³-hybridized carbons (Fsp3) is 0. The molecule has 0 radical (unpaired) electrons. The maximum absolute atomic E-state index is 5.31. The summed E-state index contributed by atoms with van der Waals surface area (Å²) in [5.41, 5.74) is 13.2. The first kappa shape index (κ1) is 31.4. The lowest BCUT2D eigenvalue weighted by atomic mass is 9.89. The van der Waals surface area contributed by atoms with Crippen LogP contribution in [0.5, 0.6) is 0 Å². The van der Waals surface area contributed by atoms with E-state index in [1.807, 2.05) is 36.4 Å². The molecule has 0 saturated heterocycles. The van der Waals surface area contributed by atoms with Crippen LogP contribution in [0.2, 0.25) is 0 Å². The molecule has 54 heavy (non-hydrogen) atoms. The van der Waals surface area contributed by atoms with Crippen LogP contribution in [0.1, 0.15) is 0 Å². The van der Waals surface area contributed by atoms with Gasteiger partial charge in [-0.05, 0) is 92.7 Å². The number of rotatable bonds is 6. The summed E-state index contributed by atoms with van der Waals surface area (Å²) in [4.78, 5) is 19.5. The number of hydrogen-bond donors (Lipinski definition) is 0. The first-order chi connectivity index (χ1) is 26.8. The van der Waals surface area contributed by atoms with E-state index in [1.54, 1.807) is 12.4 Å². The Kier molecular flexibility index (Phi) is 7.77. The number of benzene rings is 6. The van der Waals surface area contributed by atoms with Crippen LogP contribution in [0.3, 0.4) is 0 Å². The van der Waals surface area contributed by atoms with Crippen LogP contribution >= 0.6 is 0 Å². The third kappa shape index (κ3) is 5.67. The second kappa shape index (κ2) is 13.4. The van der Waals surface area contributed by atoms with Crippen molar-refractivity contribution in [2.45, 2.75) is 0 Å². The summed E-state index contributed by atoms with van der Waals surface area (Å²) < 4.78 is 0. The maximum atomic E-state index is 5.31. The number of pyridine rings is 4. The van der Waals surface area contributed by atoms with Crippen molar-refractivity contribution in [3.63, 3.8) is 0 Å². The van der Waals surface area contributed by atoms with Crippen LogP contribution in [0.25, 0.3) is 99.9 Å². The second-order valence-corrected chi connectivity index (χ2v) is 13.4. The fourth-order valence-corrected chi connectivity index (χ4v) is 7.58. The number of fused-ring (bicyclic) bond motifs is 4. The lowest BCUT2D eigenvalue weighted by Gasteiger charge is -2.16. The summed E-state index contributed by atoms with van der Waals surface area (Å²) in [7, 11) is 0. The Bertz CT molecular complexity index is 2900. The van der Waals surface area contributed by atoms with E-state index in [9.17, 15) is 0 Å². The third-order valence-corrected chi connectivity index (χ3v) is 10.2. The highest BCUT2D eigenvalue weighted by Crippen LogP contribution is 2.42. The molecule has 0 bridgehead atoms. The minimum atomic E-state index is 0.809. The van der Waals surface area contributed by atoms with Crippen molar-refractivity contribution >= 4 is 32.4 Å². The Labute approximate surface area is 313 Å². The Morgan fingerprint density at radius 3 is 1.63 bits per heavy atom. The predicted octanol–water partition coefficient (Wildman–Crippen LogP) is 12.7. The summed E-state index contributed by atoms with van der Waals surface area (Å²) in [5.74, 6) is 0. The molecule has 4 heteroatoms. The van der Waals surface area contributed by atoms with Gasteiger partial charge in [0.05, 0.1) is 34.0 Å². The molecule has 0 aliphatic rings. The van der Waals surface area contributed by atoms with Gasteiger partial charge < -0.3 is 0 Å². The molecule has 0 spiro atoms. The molecule has 0 atom stereocenters. The van der Waals surface area contributed by atoms with Crippen LogP contribution in [-0.2, 0) is 0 Å². The average Bonchev–Trinajstić information content (AvgIpc) is 3.26. The predicted molar refractivity (Wildman–Crippen MR) is 223 cm³/mol. The zero-order valence-corrected chi connectivity index (χ0v) is 29.3. The Hall–Kier alpha value is -7.30. The van der Waals surface area contributed by atoms with Gasteiger partial charge in [0.15, 0.2) is 0 Å². The Morgan fingerprint density at radius 2 is 0.907 bits per heavy atom. The van der Waals surface area contributed by atoms with Crippen molar-refractivity contribution in [1.82, 2.24) is 19.9 Å².